The number of ketones is 1. The van der Waals surface area contributed by atoms with Gasteiger partial charge in [0.15, 0.2) is 23.9 Å². The largest absolute Gasteiger partial charge is 0.493 e. The summed E-state index contributed by atoms with van der Waals surface area (Å²) in [7, 11) is 1.49. The molecule has 0 amide bonds. The van der Waals surface area contributed by atoms with E-state index >= 15 is 0 Å². The number of thiazole rings is 1. The van der Waals surface area contributed by atoms with E-state index in [1.54, 1.807) is 72.1 Å². The fourth-order valence-electron chi connectivity index (χ4n) is 3.83. The van der Waals surface area contributed by atoms with Gasteiger partial charge in [0.2, 0.25) is 0 Å². The maximum absolute atomic E-state index is 12.5. The molecule has 0 aliphatic heterocycles. The van der Waals surface area contributed by atoms with Gasteiger partial charge in [0.1, 0.15) is 16.7 Å². The third-order valence-electron chi connectivity index (χ3n) is 5.80. The monoisotopic (exact) mass is 554 g/mol. The van der Waals surface area contributed by atoms with Crippen molar-refractivity contribution in [3.63, 3.8) is 0 Å². The molecule has 0 aliphatic rings. The molecule has 5 aromatic rings. The van der Waals surface area contributed by atoms with Gasteiger partial charge in [-0.3, -0.25) is 4.79 Å². The van der Waals surface area contributed by atoms with Crippen molar-refractivity contribution in [2.24, 2.45) is 0 Å². The maximum Gasteiger partial charge on any atom is 0.345 e. The molecular formula is C30H19ClN2O5S. The van der Waals surface area contributed by atoms with E-state index in [4.69, 9.17) is 25.5 Å². The molecule has 2 aromatic heterocycles. The summed E-state index contributed by atoms with van der Waals surface area (Å²) in [5.41, 5.74) is 2.22. The Hall–Kier alpha value is -4.71. The van der Waals surface area contributed by atoms with Gasteiger partial charge in [-0.05, 0) is 60.2 Å². The Morgan fingerprint density at radius 1 is 1.10 bits per heavy atom. The highest BCUT2D eigenvalue weighted by atomic mass is 35.5. The van der Waals surface area contributed by atoms with Crippen LogP contribution in [0.1, 0.15) is 20.9 Å². The number of carbonyl (C=O) groups excluding carboxylic acids is 1. The van der Waals surface area contributed by atoms with Gasteiger partial charge in [0.25, 0.3) is 0 Å². The van der Waals surface area contributed by atoms with E-state index in [2.05, 4.69) is 11.1 Å². The summed E-state index contributed by atoms with van der Waals surface area (Å²) in [6.07, 6.45) is 1.66. The Morgan fingerprint density at radius 2 is 1.90 bits per heavy atom. The topological polar surface area (TPSA) is 102 Å². The van der Waals surface area contributed by atoms with Crippen LogP contribution in [0.15, 0.2) is 87.4 Å². The van der Waals surface area contributed by atoms with E-state index < -0.39 is 5.63 Å². The van der Waals surface area contributed by atoms with Gasteiger partial charge in [-0.25, -0.2) is 9.78 Å². The van der Waals surface area contributed by atoms with Crippen LogP contribution >= 0.6 is 22.9 Å². The Morgan fingerprint density at radius 3 is 2.67 bits per heavy atom. The van der Waals surface area contributed by atoms with Gasteiger partial charge in [0, 0.05) is 21.4 Å². The molecule has 0 fully saturated rings. The molecule has 0 aliphatic carbocycles. The second-order valence-corrected chi connectivity index (χ2v) is 9.62. The standard InChI is InChI=1S/C30H19ClN2O5S/c1-36-28-13-18(6-11-27(28)37-16-25(34)19-7-9-22(31)10-8-19)12-21(15-32)29-33-24(17-39-29)23-14-20-4-2-3-5-26(20)38-30(23)35/h2-14,17H,16H2,1H3/b21-12+. The molecule has 0 saturated carbocycles. The maximum atomic E-state index is 12.5. The zero-order valence-electron chi connectivity index (χ0n) is 20.5. The molecule has 7 nitrogen and oxygen atoms in total. The normalized spacial score (nSPS) is 11.3. The lowest BCUT2D eigenvalue weighted by Gasteiger charge is -2.11. The quantitative estimate of drug-likeness (QED) is 0.117. The molecule has 0 spiro atoms. The molecule has 39 heavy (non-hydrogen) atoms. The number of rotatable bonds is 8. The van der Waals surface area contributed by atoms with Crippen LogP contribution in [0, 0.1) is 11.3 Å². The molecule has 9 heteroatoms. The first-order valence-electron chi connectivity index (χ1n) is 11.7. The Balaban J connectivity index is 1.36. The van der Waals surface area contributed by atoms with Crippen molar-refractivity contribution in [2.75, 3.05) is 13.7 Å². The average molecular weight is 555 g/mol. The number of aromatic nitrogens is 1. The van der Waals surface area contributed by atoms with Crippen molar-refractivity contribution < 1.29 is 18.7 Å². The van der Waals surface area contributed by atoms with Crippen LogP contribution in [-0.4, -0.2) is 24.5 Å². The van der Waals surface area contributed by atoms with Crippen LogP contribution in [0.3, 0.4) is 0 Å². The summed E-state index contributed by atoms with van der Waals surface area (Å²) in [5, 5.41) is 13.3. The molecular weight excluding hydrogens is 536 g/mol. The van der Waals surface area contributed by atoms with E-state index in [0.29, 0.717) is 55.1 Å². The van der Waals surface area contributed by atoms with Gasteiger partial charge < -0.3 is 13.9 Å². The molecule has 0 radical (unpaired) electrons. The van der Waals surface area contributed by atoms with Crippen LogP contribution in [-0.2, 0) is 0 Å². The molecule has 192 valence electrons. The third kappa shape index (κ3) is 5.75. The van der Waals surface area contributed by atoms with Gasteiger partial charge in [-0.2, -0.15) is 5.26 Å². The van der Waals surface area contributed by atoms with Gasteiger partial charge in [-0.1, -0.05) is 35.9 Å². The van der Waals surface area contributed by atoms with Crippen LogP contribution in [0.4, 0.5) is 0 Å². The smallest absolute Gasteiger partial charge is 0.345 e. The number of hydrogen-bond acceptors (Lipinski definition) is 8. The number of nitriles is 1. The molecule has 3 aromatic carbocycles. The Bertz CT molecular complexity index is 1820. The zero-order chi connectivity index (χ0) is 27.4. The molecule has 2 heterocycles. The van der Waals surface area contributed by atoms with Gasteiger partial charge >= 0.3 is 5.63 Å². The predicted molar refractivity (Wildman–Crippen MR) is 151 cm³/mol. The van der Waals surface area contributed by atoms with Crippen LogP contribution in [0.25, 0.3) is 33.9 Å². The van der Waals surface area contributed by atoms with Crippen molar-refractivity contribution in [1.82, 2.24) is 4.98 Å². The van der Waals surface area contributed by atoms with Gasteiger partial charge in [-0.15, -0.1) is 11.3 Å². The number of hydrogen-bond donors (Lipinski definition) is 0. The summed E-state index contributed by atoms with van der Waals surface area (Å²) >= 11 is 7.13. The second kappa shape index (κ2) is 11.4. The molecule has 0 atom stereocenters. The Kier molecular flexibility index (Phi) is 7.55. The van der Waals surface area contributed by atoms with Crippen molar-refractivity contribution in [3.05, 3.63) is 110 Å². The first-order chi connectivity index (χ1) is 18.9. The third-order valence-corrected chi connectivity index (χ3v) is 6.92. The highest BCUT2D eigenvalue weighted by Crippen LogP contribution is 2.31. The summed E-state index contributed by atoms with van der Waals surface area (Å²) in [5.74, 6) is 0.582. The van der Waals surface area contributed by atoms with Crippen molar-refractivity contribution in [2.45, 2.75) is 0 Å². The minimum Gasteiger partial charge on any atom is -0.493 e. The molecule has 0 saturated heterocycles. The molecule has 5 rings (SSSR count). The zero-order valence-corrected chi connectivity index (χ0v) is 22.1. The van der Waals surface area contributed by atoms with E-state index in [1.807, 2.05) is 12.1 Å². The number of carbonyl (C=O) groups is 1. The van der Waals surface area contributed by atoms with Crippen LogP contribution in [0.2, 0.25) is 5.02 Å². The van der Waals surface area contributed by atoms with Crippen molar-refractivity contribution in [1.29, 1.82) is 5.26 Å². The highest BCUT2D eigenvalue weighted by molar-refractivity contribution is 7.11. The van der Waals surface area contributed by atoms with Crippen molar-refractivity contribution >= 4 is 51.3 Å². The van der Waals surface area contributed by atoms with Crippen molar-refractivity contribution in [3.8, 4) is 28.8 Å². The fraction of sp³-hybridized carbons (Fsp3) is 0.0667. The van der Waals surface area contributed by atoms with E-state index in [-0.39, 0.29) is 12.4 Å². The lowest BCUT2D eigenvalue weighted by Crippen LogP contribution is -2.12. The summed E-state index contributed by atoms with van der Waals surface area (Å²) in [6.45, 7) is -0.179. The summed E-state index contributed by atoms with van der Waals surface area (Å²) in [6, 6.07) is 22.8. The minimum absolute atomic E-state index is 0.179. The number of nitrogens with zero attached hydrogens (tertiary/aromatic N) is 2. The summed E-state index contributed by atoms with van der Waals surface area (Å²) < 4.78 is 16.6. The second-order valence-electron chi connectivity index (χ2n) is 8.32. The van der Waals surface area contributed by atoms with Gasteiger partial charge in [0.05, 0.1) is 23.9 Å². The number of fused-ring (bicyclic) bond motifs is 1. The predicted octanol–water partition coefficient (Wildman–Crippen LogP) is 6.90. The van der Waals surface area contributed by atoms with Crippen LogP contribution in [0.5, 0.6) is 11.5 Å². The SMILES string of the molecule is COc1cc(/C=C(\C#N)c2nc(-c3cc4ccccc4oc3=O)cs2)ccc1OCC(=O)c1ccc(Cl)cc1. The number of ether oxygens (including phenoxy) is 2. The number of benzene rings is 3. The minimum atomic E-state index is -0.497. The first-order valence-corrected chi connectivity index (χ1v) is 12.9. The highest BCUT2D eigenvalue weighted by Gasteiger charge is 2.15. The molecule has 0 bridgehead atoms. The first kappa shape index (κ1) is 25.9. The summed E-state index contributed by atoms with van der Waals surface area (Å²) in [4.78, 5) is 29.5. The number of para-hydroxylation sites is 1. The lowest BCUT2D eigenvalue weighted by atomic mass is 10.1. The number of halogens is 1. The van der Waals surface area contributed by atoms with E-state index in [9.17, 15) is 14.9 Å². The Labute approximate surface area is 232 Å². The average Bonchev–Trinajstić information content (AvgIpc) is 3.44. The number of methoxy groups -OCH3 is 1. The molecule has 0 N–H and O–H groups in total. The van der Waals surface area contributed by atoms with E-state index in [0.717, 1.165) is 5.39 Å². The lowest BCUT2D eigenvalue weighted by molar-refractivity contribution is 0.0919. The van der Waals surface area contributed by atoms with Crippen LogP contribution < -0.4 is 15.1 Å². The number of Topliss-reactive ketones (excluding diaryl/α,β-unsaturated/α-hetero) is 1. The number of allylic oxidation sites excluding steroid dienone is 1. The molecule has 0 unspecified atom stereocenters. The van der Waals surface area contributed by atoms with E-state index in [1.165, 1.54) is 18.4 Å². The fourth-order valence-corrected chi connectivity index (χ4v) is 4.74.